The molecule has 1 fully saturated rings. The molecule has 3 nitrogen and oxygen atoms in total. The lowest BCUT2D eigenvalue weighted by atomic mass is 10.3. The Morgan fingerprint density at radius 1 is 1.56 bits per heavy atom. The second-order valence-electron chi connectivity index (χ2n) is 4.58. The smallest absolute Gasteiger partial charge is 0.0597 e. The molecule has 0 radical (unpaired) electrons. The summed E-state index contributed by atoms with van der Waals surface area (Å²) in [6, 6.07) is 2.18. The lowest BCUT2D eigenvalue weighted by Gasteiger charge is -2.13. The van der Waals surface area contributed by atoms with Crippen LogP contribution in [0.15, 0.2) is 6.07 Å². The fraction of sp³-hybridized carbons (Fsp3) is 0.750. The van der Waals surface area contributed by atoms with Crippen molar-refractivity contribution >= 4 is 11.8 Å². The van der Waals surface area contributed by atoms with Gasteiger partial charge in [0, 0.05) is 24.4 Å². The second kappa shape index (κ2) is 4.80. The van der Waals surface area contributed by atoms with Crippen LogP contribution in [0, 0.1) is 6.92 Å². The van der Waals surface area contributed by atoms with Gasteiger partial charge in [-0.15, -0.1) is 0 Å². The van der Waals surface area contributed by atoms with E-state index in [1.165, 1.54) is 18.5 Å². The van der Waals surface area contributed by atoms with Crippen molar-refractivity contribution < 1.29 is 0 Å². The van der Waals surface area contributed by atoms with Gasteiger partial charge < -0.3 is 5.32 Å². The molecule has 4 heteroatoms. The quantitative estimate of drug-likeness (QED) is 0.825. The van der Waals surface area contributed by atoms with Gasteiger partial charge in [0.1, 0.15) is 0 Å². The van der Waals surface area contributed by atoms with Gasteiger partial charge in [0.05, 0.1) is 11.4 Å². The van der Waals surface area contributed by atoms with Gasteiger partial charge in [-0.3, -0.25) is 4.68 Å². The van der Waals surface area contributed by atoms with Crippen molar-refractivity contribution in [3.63, 3.8) is 0 Å². The highest BCUT2D eigenvalue weighted by atomic mass is 32.2. The summed E-state index contributed by atoms with van der Waals surface area (Å²) in [5.41, 5.74) is 2.42. The van der Waals surface area contributed by atoms with Crippen molar-refractivity contribution in [2.45, 2.75) is 44.5 Å². The molecule has 1 N–H and O–H groups in total. The average Bonchev–Trinajstić information content (AvgIpc) is 2.97. The zero-order chi connectivity index (χ0) is 11.6. The van der Waals surface area contributed by atoms with E-state index in [2.05, 4.69) is 41.3 Å². The third kappa shape index (κ3) is 2.61. The van der Waals surface area contributed by atoms with Crippen molar-refractivity contribution in [2.75, 3.05) is 12.8 Å². The van der Waals surface area contributed by atoms with E-state index in [1.807, 2.05) is 11.8 Å². The van der Waals surface area contributed by atoms with Gasteiger partial charge >= 0.3 is 0 Å². The highest BCUT2D eigenvalue weighted by Crippen LogP contribution is 2.46. The second-order valence-corrected chi connectivity index (χ2v) is 5.86. The number of rotatable bonds is 6. The van der Waals surface area contributed by atoms with Gasteiger partial charge in [0.15, 0.2) is 0 Å². The van der Waals surface area contributed by atoms with E-state index in [0.717, 1.165) is 25.3 Å². The van der Waals surface area contributed by atoms with Crippen molar-refractivity contribution in [2.24, 2.45) is 0 Å². The number of hydrogen-bond donors (Lipinski definition) is 1. The molecule has 1 aromatic heterocycles. The molecule has 90 valence electrons. The normalized spacial score (nSPS) is 17.7. The highest BCUT2D eigenvalue weighted by Gasteiger charge is 2.41. The van der Waals surface area contributed by atoms with Crippen LogP contribution in [0.5, 0.6) is 0 Å². The third-order valence-corrected chi connectivity index (χ3v) is 4.70. The summed E-state index contributed by atoms with van der Waals surface area (Å²) in [7, 11) is 0. The lowest BCUT2D eigenvalue weighted by molar-refractivity contribution is 0.574. The number of thioether (sulfide) groups is 1. The predicted octanol–water partition coefficient (Wildman–Crippen LogP) is 2.20. The van der Waals surface area contributed by atoms with E-state index in [0.29, 0.717) is 4.75 Å². The maximum atomic E-state index is 4.45. The zero-order valence-electron chi connectivity index (χ0n) is 10.4. The Morgan fingerprint density at radius 3 is 2.88 bits per heavy atom. The van der Waals surface area contributed by atoms with Gasteiger partial charge in [-0.2, -0.15) is 16.9 Å². The molecule has 1 aromatic rings. The highest BCUT2D eigenvalue weighted by molar-refractivity contribution is 8.00. The Balaban J connectivity index is 1.84. The van der Waals surface area contributed by atoms with Crippen LogP contribution >= 0.6 is 11.8 Å². The Hall–Kier alpha value is -0.480. The van der Waals surface area contributed by atoms with E-state index in [9.17, 15) is 0 Å². The largest absolute Gasteiger partial charge is 0.310 e. The van der Waals surface area contributed by atoms with E-state index in [4.69, 9.17) is 0 Å². The van der Waals surface area contributed by atoms with Crippen molar-refractivity contribution in [3.8, 4) is 0 Å². The number of aryl methyl sites for hydroxylation is 2. The van der Waals surface area contributed by atoms with Crippen LogP contribution in [0.25, 0.3) is 0 Å². The molecule has 1 aliphatic carbocycles. The van der Waals surface area contributed by atoms with Crippen molar-refractivity contribution in [3.05, 3.63) is 17.5 Å². The van der Waals surface area contributed by atoms with E-state index in [1.54, 1.807) is 0 Å². The maximum Gasteiger partial charge on any atom is 0.0597 e. The summed E-state index contributed by atoms with van der Waals surface area (Å²) in [5, 5.41) is 8.01. The summed E-state index contributed by atoms with van der Waals surface area (Å²) in [4.78, 5) is 0. The van der Waals surface area contributed by atoms with Crippen LogP contribution in [0.1, 0.15) is 31.2 Å². The molecule has 0 aromatic carbocycles. The number of nitrogens with one attached hydrogen (secondary N) is 1. The first kappa shape index (κ1) is 12.0. The first-order valence-electron chi connectivity index (χ1n) is 5.98. The minimum absolute atomic E-state index is 0.548. The standard InChI is InChI=1S/C12H21N3S/c1-4-15-11(7-10(2)14-15)8-13-9-12(16-3)5-6-12/h7,13H,4-6,8-9H2,1-3H3. The van der Waals surface area contributed by atoms with E-state index < -0.39 is 0 Å². The molecule has 1 saturated carbocycles. The minimum Gasteiger partial charge on any atom is -0.310 e. The fourth-order valence-electron chi connectivity index (χ4n) is 2.03. The topological polar surface area (TPSA) is 29.9 Å². The lowest BCUT2D eigenvalue weighted by Crippen LogP contribution is -2.26. The van der Waals surface area contributed by atoms with Crippen LogP contribution in [-0.2, 0) is 13.1 Å². The molecule has 0 aliphatic heterocycles. The molecule has 1 heterocycles. The molecule has 0 saturated heterocycles. The molecule has 0 amide bonds. The van der Waals surface area contributed by atoms with Gasteiger partial charge in [-0.05, 0) is 39.0 Å². The Labute approximate surface area is 102 Å². The number of aromatic nitrogens is 2. The van der Waals surface area contributed by atoms with Crippen molar-refractivity contribution in [1.82, 2.24) is 15.1 Å². The first-order chi connectivity index (χ1) is 7.69. The molecule has 0 spiro atoms. The molecular formula is C12H21N3S. The van der Waals surface area contributed by atoms with Crippen molar-refractivity contribution in [1.29, 1.82) is 0 Å². The average molecular weight is 239 g/mol. The van der Waals surface area contributed by atoms with Crippen LogP contribution in [0.4, 0.5) is 0 Å². The van der Waals surface area contributed by atoms with Crippen LogP contribution in [0.2, 0.25) is 0 Å². The molecule has 0 unspecified atom stereocenters. The maximum absolute atomic E-state index is 4.45. The van der Waals surface area contributed by atoms with Gasteiger partial charge in [0.2, 0.25) is 0 Å². The SMILES string of the molecule is CCn1nc(C)cc1CNCC1(SC)CC1. The zero-order valence-corrected chi connectivity index (χ0v) is 11.2. The molecule has 1 aliphatic rings. The molecule has 2 rings (SSSR count). The summed E-state index contributed by atoms with van der Waals surface area (Å²) >= 11 is 2.00. The molecule has 0 bridgehead atoms. The first-order valence-corrected chi connectivity index (χ1v) is 7.21. The number of nitrogens with zero attached hydrogens (tertiary/aromatic N) is 2. The monoisotopic (exact) mass is 239 g/mol. The Kier molecular flexibility index (Phi) is 3.60. The van der Waals surface area contributed by atoms with E-state index >= 15 is 0 Å². The molecular weight excluding hydrogens is 218 g/mol. The van der Waals surface area contributed by atoms with Crippen LogP contribution < -0.4 is 5.32 Å². The Bertz CT molecular complexity index is 355. The molecule has 0 atom stereocenters. The molecule has 16 heavy (non-hydrogen) atoms. The summed E-state index contributed by atoms with van der Waals surface area (Å²) in [6.45, 7) is 7.22. The number of hydrogen-bond acceptors (Lipinski definition) is 3. The Morgan fingerprint density at radius 2 is 2.31 bits per heavy atom. The summed E-state index contributed by atoms with van der Waals surface area (Å²) < 4.78 is 2.63. The summed E-state index contributed by atoms with van der Waals surface area (Å²) in [6.07, 6.45) is 4.95. The van der Waals surface area contributed by atoms with Crippen LogP contribution in [0.3, 0.4) is 0 Å². The van der Waals surface area contributed by atoms with Gasteiger partial charge in [0.25, 0.3) is 0 Å². The third-order valence-electron chi connectivity index (χ3n) is 3.28. The minimum atomic E-state index is 0.548. The van der Waals surface area contributed by atoms with Gasteiger partial charge in [-0.1, -0.05) is 0 Å². The summed E-state index contributed by atoms with van der Waals surface area (Å²) in [5.74, 6) is 0. The van der Waals surface area contributed by atoms with Crippen LogP contribution in [-0.4, -0.2) is 27.3 Å². The fourth-order valence-corrected chi connectivity index (χ4v) is 2.78. The predicted molar refractivity (Wildman–Crippen MR) is 69.8 cm³/mol. The van der Waals surface area contributed by atoms with E-state index in [-0.39, 0.29) is 0 Å². The van der Waals surface area contributed by atoms with Gasteiger partial charge in [-0.25, -0.2) is 0 Å².